The van der Waals surface area contributed by atoms with E-state index < -0.39 is 5.60 Å². The summed E-state index contributed by atoms with van der Waals surface area (Å²) in [4.78, 5) is 4.29. The van der Waals surface area contributed by atoms with Gasteiger partial charge in [0.05, 0.1) is 5.60 Å². The van der Waals surface area contributed by atoms with Gasteiger partial charge in [0, 0.05) is 37.4 Å². The Morgan fingerprint density at radius 3 is 2.53 bits per heavy atom. The number of nitrogens with one attached hydrogen (secondary N) is 1. The van der Waals surface area contributed by atoms with Crippen LogP contribution in [0.1, 0.15) is 40.4 Å². The van der Waals surface area contributed by atoms with Crippen LogP contribution in [-0.4, -0.2) is 32.3 Å². The maximum absolute atomic E-state index is 10.4. The molecule has 0 radical (unpaired) electrons. The van der Waals surface area contributed by atoms with E-state index in [1.54, 1.807) is 6.20 Å². The molecule has 0 aliphatic carbocycles. The largest absolute Gasteiger partial charge is 0.388 e. The van der Waals surface area contributed by atoms with Gasteiger partial charge in [-0.2, -0.15) is 0 Å². The van der Waals surface area contributed by atoms with Gasteiger partial charge in [-0.1, -0.05) is 0 Å². The lowest BCUT2D eigenvalue weighted by molar-refractivity contribution is 0.0507. The average molecular weight is 239 g/mol. The van der Waals surface area contributed by atoms with Crippen molar-refractivity contribution in [2.75, 3.05) is 6.54 Å². The average Bonchev–Trinajstić information content (AvgIpc) is 2.61. The van der Waals surface area contributed by atoms with E-state index in [4.69, 9.17) is 0 Å². The zero-order chi connectivity index (χ0) is 13.1. The molecule has 0 bridgehead atoms. The molecular formula is C13H25N3O. The molecule has 0 aromatic carbocycles. The second-order valence-corrected chi connectivity index (χ2v) is 5.91. The van der Waals surface area contributed by atoms with Gasteiger partial charge < -0.3 is 15.0 Å². The molecule has 4 heteroatoms. The lowest BCUT2D eigenvalue weighted by Crippen LogP contribution is -2.47. The van der Waals surface area contributed by atoms with Crippen LogP contribution in [0.25, 0.3) is 0 Å². The predicted octanol–water partition coefficient (Wildman–Crippen LogP) is 1.58. The summed E-state index contributed by atoms with van der Waals surface area (Å²) >= 11 is 0. The van der Waals surface area contributed by atoms with Gasteiger partial charge in [-0.3, -0.25) is 0 Å². The quantitative estimate of drug-likeness (QED) is 0.820. The fourth-order valence-corrected chi connectivity index (χ4v) is 1.65. The lowest BCUT2D eigenvalue weighted by atomic mass is 9.99. The van der Waals surface area contributed by atoms with E-state index in [-0.39, 0.29) is 5.54 Å². The van der Waals surface area contributed by atoms with E-state index in [1.807, 2.05) is 13.1 Å². The summed E-state index contributed by atoms with van der Waals surface area (Å²) in [6.07, 6.45) is 4.30. The van der Waals surface area contributed by atoms with Crippen LogP contribution < -0.4 is 5.32 Å². The Labute approximate surface area is 104 Å². The van der Waals surface area contributed by atoms with Gasteiger partial charge in [0.1, 0.15) is 5.82 Å². The predicted molar refractivity (Wildman–Crippen MR) is 70.0 cm³/mol. The van der Waals surface area contributed by atoms with Crippen molar-refractivity contribution in [2.24, 2.45) is 0 Å². The van der Waals surface area contributed by atoms with Gasteiger partial charge in [-0.05, 0) is 34.6 Å². The highest BCUT2D eigenvalue weighted by atomic mass is 16.3. The first kappa shape index (κ1) is 14.2. The Morgan fingerprint density at radius 1 is 1.35 bits per heavy atom. The molecule has 0 aliphatic heterocycles. The molecule has 0 spiro atoms. The molecule has 2 N–H and O–H groups in total. The molecule has 0 saturated heterocycles. The van der Waals surface area contributed by atoms with Crippen molar-refractivity contribution in [1.82, 2.24) is 14.9 Å². The molecule has 1 rings (SSSR count). The highest BCUT2D eigenvalue weighted by Gasteiger charge is 2.25. The van der Waals surface area contributed by atoms with Crippen LogP contribution in [0.5, 0.6) is 0 Å². The minimum Gasteiger partial charge on any atom is -0.388 e. The third-order valence-electron chi connectivity index (χ3n) is 2.68. The summed E-state index contributed by atoms with van der Waals surface area (Å²) < 4.78 is 2.06. The van der Waals surface area contributed by atoms with Gasteiger partial charge in [0.15, 0.2) is 0 Å². The van der Waals surface area contributed by atoms with Crippen molar-refractivity contribution in [3.8, 4) is 0 Å². The van der Waals surface area contributed by atoms with Crippen molar-refractivity contribution >= 4 is 0 Å². The van der Waals surface area contributed by atoms with Crippen LogP contribution in [0, 0.1) is 0 Å². The molecule has 0 amide bonds. The first-order valence-electron chi connectivity index (χ1n) is 6.21. The maximum atomic E-state index is 10.4. The zero-order valence-electron chi connectivity index (χ0n) is 11.6. The summed E-state index contributed by atoms with van der Waals surface area (Å²) in [5.74, 6) is 0.938. The summed E-state index contributed by atoms with van der Waals surface area (Å²) in [6.45, 7) is 11.7. The number of β-amino-alcohol motifs (C(OH)–C–C–N with tert-alkyl or cyclic N) is 1. The Balaban J connectivity index is 2.60. The number of rotatable bonds is 5. The zero-order valence-corrected chi connectivity index (χ0v) is 11.6. The van der Waals surface area contributed by atoms with Crippen molar-refractivity contribution in [3.63, 3.8) is 0 Å². The summed E-state index contributed by atoms with van der Waals surface area (Å²) in [6, 6.07) is 0. The minimum atomic E-state index is -0.772. The van der Waals surface area contributed by atoms with E-state index in [1.165, 1.54) is 0 Å². The summed E-state index contributed by atoms with van der Waals surface area (Å²) in [5, 5.41) is 13.7. The highest BCUT2D eigenvalue weighted by molar-refractivity contribution is 4.98. The standard InChI is InChI=1S/C13H25N3O/c1-6-16-8-7-14-11(16)9-13(5,17)10-15-12(2,3)4/h7-8,15,17H,6,9-10H2,1-5H3. The third-order valence-corrected chi connectivity index (χ3v) is 2.68. The highest BCUT2D eigenvalue weighted by Crippen LogP contribution is 2.12. The Bertz CT molecular complexity index is 350. The molecular weight excluding hydrogens is 214 g/mol. The van der Waals surface area contributed by atoms with Gasteiger partial charge in [0.25, 0.3) is 0 Å². The monoisotopic (exact) mass is 239 g/mol. The van der Waals surface area contributed by atoms with Crippen molar-refractivity contribution in [1.29, 1.82) is 0 Å². The number of imidazole rings is 1. The van der Waals surface area contributed by atoms with Crippen LogP contribution >= 0.6 is 0 Å². The van der Waals surface area contributed by atoms with E-state index in [9.17, 15) is 5.11 Å². The Hall–Kier alpha value is -0.870. The smallest absolute Gasteiger partial charge is 0.111 e. The molecule has 1 atom stereocenters. The third kappa shape index (κ3) is 4.88. The summed E-state index contributed by atoms with van der Waals surface area (Å²) in [5.41, 5.74) is -0.754. The van der Waals surface area contributed by atoms with Crippen LogP contribution in [0.2, 0.25) is 0 Å². The number of nitrogens with zero attached hydrogens (tertiary/aromatic N) is 2. The molecule has 1 aromatic rings. The van der Waals surface area contributed by atoms with E-state index in [0.717, 1.165) is 12.4 Å². The Morgan fingerprint density at radius 2 is 2.00 bits per heavy atom. The first-order chi connectivity index (χ1) is 7.73. The normalized spacial score (nSPS) is 15.9. The Kier molecular flexibility index (Phi) is 4.33. The molecule has 1 unspecified atom stereocenters. The molecule has 98 valence electrons. The fourth-order valence-electron chi connectivity index (χ4n) is 1.65. The van der Waals surface area contributed by atoms with Crippen molar-refractivity contribution in [2.45, 2.75) is 58.7 Å². The molecule has 0 saturated carbocycles. The molecule has 0 aliphatic rings. The van der Waals surface area contributed by atoms with Crippen molar-refractivity contribution < 1.29 is 5.11 Å². The van der Waals surface area contributed by atoms with Crippen LogP contribution in [-0.2, 0) is 13.0 Å². The van der Waals surface area contributed by atoms with E-state index in [2.05, 4.69) is 42.6 Å². The van der Waals surface area contributed by atoms with Crippen LogP contribution in [0.3, 0.4) is 0 Å². The SMILES string of the molecule is CCn1ccnc1CC(C)(O)CNC(C)(C)C. The molecule has 17 heavy (non-hydrogen) atoms. The van der Waals surface area contributed by atoms with Gasteiger partial charge >= 0.3 is 0 Å². The lowest BCUT2D eigenvalue weighted by Gasteiger charge is -2.29. The van der Waals surface area contributed by atoms with Crippen molar-refractivity contribution in [3.05, 3.63) is 18.2 Å². The van der Waals surface area contributed by atoms with E-state index >= 15 is 0 Å². The van der Waals surface area contributed by atoms with Crippen LogP contribution in [0.4, 0.5) is 0 Å². The molecule has 1 aromatic heterocycles. The number of hydrogen-bond acceptors (Lipinski definition) is 3. The number of aryl methyl sites for hydroxylation is 1. The van der Waals surface area contributed by atoms with Gasteiger partial charge in [-0.15, -0.1) is 0 Å². The van der Waals surface area contributed by atoms with Crippen LogP contribution in [0.15, 0.2) is 12.4 Å². The number of aromatic nitrogens is 2. The first-order valence-corrected chi connectivity index (χ1v) is 6.21. The second-order valence-electron chi connectivity index (χ2n) is 5.91. The molecule has 0 fully saturated rings. The number of hydrogen-bond donors (Lipinski definition) is 2. The maximum Gasteiger partial charge on any atom is 0.111 e. The minimum absolute atomic E-state index is 0.0180. The van der Waals surface area contributed by atoms with Gasteiger partial charge in [-0.25, -0.2) is 4.98 Å². The number of aliphatic hydroxyl groups is 1. The van der Waals surface area contributed by atoms with E-state index in [0.29, 0.717) is 13.0 Å². The molecule has 1 heterocycles. The summed E-state index contributed by atoms with van der Waals surface area (Å²) in [7, 11) is 0. The topological polar surface area (TPSA) is 50.1 Å². The fraction of sp³-hybridized carbons (Fsp3) is 0.769. The van der Waals surface area contributed by atoms with Gasteiger partial charge in [0.2, 0.25) is 0 Å². The second kappa shape index (κ2) is 5.19. The molecule has 4 nitrogen and oxygen atoms in total.